The third-order valence-corrected chi connectivity index (χ3v) is 6.03. The fraction of sp³-hybridized carbons (Fsp3) is 0.593. The summed E-state index contributed by atoms with van der Waals surface area (Å²) >= 11 is 0. The van der Waals surface area contributed by atoms with Crippen molar-refractivity contribution in [2.75, 3.05) is 6.54 Å². The van der Waals surface area contributed by atoms with Crippen LogP contribution < -0.4 is 10.6 Å². The molecule has 0 spiro atoms. The predicted octanol–water partition coefficient (Wildman–Crippen LogP) is 4.31. The number of carbonyl (C=O) groups excluding carboxylic acids is 3. The second kappa shape index (κ2) is 12.5. The topological polar surface area (TPSA) is 87.7 Å². The highest BCUT2D eigenvalue weighted by molar-refractivity contribution is 5.91. The van der Waals surface area contributed by atoms with E-state index in [1.807, 2.05) is 26.0 Å². The van der Waals surface area contributed by atoms with E-state index >= 15 is 0 Å². The minimum Gasteiger partial charge on any atom is -0.444 e. The minimum atomic E-state index is -0.905. The molecule has 1 fully saturated rings. The van der Waals surface area contributed by atoms with Crippen molar-refractivity contribution in [2.45, 2.75) is 96.9 Å². The number of terminal acetylenes is 1. The van der Waals surface area contributed by atoms with Gasteiger partial charge in [0.25, 0.3) is 0 Å². The lowest BCUT2D eigenvalue weighted by Gasteiger charge is -2.37. The zero-order valence-corrected chi connectivity index (χ0v) is 21.1. The van der Waals surface area contributed by atoms with Gasteiger partial charge in [0.2, 0.25) is 11.8 Å². The van der Waals surface area contributed by atoms with Crippen molar-refractivity contribution in [1.29, 1.82) is 0 Å². The number of ether oxygens (including phenoxy) is 1. The van der Waals surface area contributed by atoms with Crippen LogP contribution in [0.15, 0.2) is 24.3 Å². The van der Waals surface area contributed by atoms with E-state index in [-0.39, 0.29) is 30.4 Å². The summed E-state index contributed by atoms with van der Waals surface area (Å²) in [5.41, 5.74) is 0.481. The van der Waals surface area contributed by atoms with Crippen LogP contribution in [0.5, 0.6) is 0 Å². The molecule has 2 atom stereocenters. The Balaban J connectivity index is 2.37. The van der Waals surface area contributed by atoms with E-state index in [2.05, 4.69) is 16.6 Å². The lowest BCUT2D eigenvalue weighted by Crippen LogP contribution is -2.52. The second-order valence-electron chi connectivity index (χ2n) is 9.89. The van der Waals surface area contributed by atoms with Gasteiger partial charge in [-0.15, -0.1) is 6.42 Å². The maximum absolute atomic E-state index is 13.7. The fourth-order valence-electron chi connectivity index (χ4n) is 4.21. The SMILES string of the molecule is C#Cc1ccccc1C(C(=O)NC1CCCCC1)N(C(=O)CNC(=O)OC(C)(C)C)C(C)CC. The standard InChI is InChI=1S/C27H39N3O4/c1-7-19(3)30(23(31)18-28-26(33)34-27(4,5)6)24(22-17-13-12-14-20(22)8-2)25(32)29-21-15-10-9-11-16-21/h2,12-14,17,19,21,24H,7,9-11,15-16,18H2,1,3-6H3,(H,28,33)(H,29,32). The van der Waals surface area contributed by atoms with Gasteiger partial charge in [-0.05, 0) is 58.6 Å². The molecule has 0 aromatic heterocycles. The number of rotatable bonds is 8. The van der Waals surface area contributed by atoms with Crippen molar-refractivity contribution in [3.8, 4) is 12.3 Å². The van der Waals surface area contributed by atoms with Crippen LogP contribution in [0.4, 0.5) is 4.79 Å². The molecule has 3 amide bonds. The molecule has 1 aromatic rings. The van der Waals surface area contributed by atoms with Crippen molar-refractivity contribution < 1.29 is 19.1 Å². The highest BCUT2D eigenvalue weighted by Gasteiger charge is 2.36. The van der Waals surface area contributed by atoms with E-state index in [1.54, 1.807) is 37.8 Å². The Bertz CT molecular complexity index is 894. The molecule has 1 aliphatic rings. The first-order chi connectivity index (χ1) is 16.1. The first-order valence-electron chi connectivity index (χ1n) is 12.2. The van der Waals surface area contributed by atoms with Crippen LogP contribution in [0.3, 0.4) is 0 Å². The van der Waals surface area contributed by atoms with E-state index in [9.17, 15) is 14.4 Å². The maximum atomic E-state index is 13.7. The summed E-state index contributed by atoms with van der Waals surface area (Å²) in [7, 11) is 0. The van der Waals surface area contributed by atoms with Gasteiger partial charge < -0.3 is 20.3 Å². The molecule has 0 saturated heterocycles. The first-order valence-corrected chi connectivity index (χ1v) is 12.2. The van der Waals surface area contributed by atoms with Crippen molar-refractivity contribution in [2.24, 2.45) is 0 Å². The average molecular weight is 470 g/mol. The van der Waals surface area contributed by atoms with Crippen molar-refractivity contribution >= 4 is 17.9 Å². The number of nitrogens with zero attached hydrogens (tertiary/aromatic N) is 1. The van der Waals surface area contributed by atoms with Crippen LogP contribution in [-0.4, -0.2) is 47.0 Å². The Hall–Kier alpha value is -3.01. The van der Waals surface area contributed by atoms with Crippen LogP contribution >= 0.6 is 0 Å². The molecule has 0 aliphatic heterocycles. The summed E-state index contributed by atoms with van der Waals surface area (Å²) in [6, 6.07) is 6.11. The minimum absolute atomic E-state index is 0.0792. The number of hydrogen-bond acceptors (Lipinski definition) is 4. The predicted molar refractivity (Wildman–Crippen MR) is 133 cm³/mol. The van der Waals surface area contributed by atoms with Gasteiger partial charge in [0.15, 0.2) is 0 Å². The number of amides is 3. The van der Waals surface area contributed by atoms with Gasteiger partial charge in [0, 0.05) is 17.6 Å². The molecule has 2 N–H and O–H groups in total. The van der Waals surface area contributed by atoms with Gasteiger partial charge in [-0.2, -0.15) is 0 Å². The van der Waals surface area contributed by atoms with Crippen LogP contribution in [0.2, 0.25) is 0 Å². The van der Waals surface area contributed by atoms with Crippen molar-refractivity contribution in [1.82, 2.24) is 15.5 Å². The van der Waals surface area contributed by atoms with Gasteiger partial charge in [-0.3, -0.25) is 9.59 Å². The van der Waals surface area contributed by atoms with Crippen LogP contribution in [-0.2, 0) is 14.3 Å². The highest BCUT2D eigenvalue weighted by Crippen LogP contribution is 2.29. The molecule has 2 rings (SSSR count). The Morgan fingerprint density at radius 2 is 1.82 bits per heavy atom. The lowest BCUT2D eigenvalue weighted by molar-refractivity contribution is -0.143. The molecule has 1 saturated carbocycles. The molecule has 2 unspecified atom stereocenters. The summed E-state index contributed by atoms with van der Waals surface area (Å²) in [4.78, 5) is 40.8. The van der Waals surface area contributed by atoms with E-state index in [4.69, 9.17) is 11.2 Å². The van der Waals surface area contributed by atoms with E-state index in [1.165, 1.54) is 6.42 Å². The van der Waals surface area contributed by atoms with Crippen molar-refractivity contribution in [3.05, 3.63) is 35.4 Å². The van der Waals surface area contributed by atoms with Gasteiger partial charge in [0.1, 0.15) is 18.2 Å². The molecule has 7 heteroatoms. The number of alkyl carbamates (subject to hydrolysis) is 1. The van der Waals surface area contributed by atoms with Gasteiger partial charge in [0.05, 0.1) is 0 Å². The van der Waals surface area contributed by atoms with Gasteiger partial charge in [-0.1, -0.05) is 50.3 Å². The fourth-order valence-corrected chi connectivity index (χ4v) is 4.21. The number of hydrogen-bond donors (Lipinski definition) is 2. The zero-order chi connectivity index (χ0) is 25.3. The van der Waals surface area contributed by atoms with Crippen molar-refractivity contribution in [3.63, 3.8) is 0 Å². The summed E-state index contributed by atoms with van der Waals surface area (Å²) in [6.07, 6.45) is 10.9. The molecule has 1 aromatic carbocycles. The third kappa shape index (κ3) is 7.79. The van der Waals surface area contributed by atoms with Crippen LogP contribution in [0, 0.1) is 12.3 Å². The normalized spacial score (nSPS) is 16.0. The second-order valence-corrected chi connectivity index (χ2v) is 9.89. The van der Waals surface area contributed by atoms with E-state index < -0.39 is 17.7 Å². The lowest BCUT2D eigenvalue weighted by atomic mass is 9.93. The maximum Gasteiger partial charge on any atom is 0.408 e. The smallest absolute Gasteiger partial charge is 0.408 e. The molecular formula is C27H39N3O4. The number of nitrogens with one attached hydrogen (secondary N) is 2. The van der Waals surface area contributed by atoms with Crippen LogP contribution in [0.1, 0.15) is 90.3 Å². The summed E-state index contributed by atoms with van der Waals surface area (Å²) < 4.78 is 5.26. The summed E-state index contributed by atoms with van der Waals surface area (Å²) in [5.74, 6) is 2.03. The van der Waals surface area contributed by atoms with Gasteiger partial charge in [-0.25, -0.2) is 4.79 Å². The molecule has 186 valence electrons. The summed E-state index contributed by atoms with van der Waals surface area (Å²) in [6.45, 7) is 8.82. The molecular weight excluding hydrogens is 430 g/mol. The Labute approximate surface area is 204 Å². The summed E-state index contributed by atoms with van der Waals surface area (Å²) in [5, 5.41) is 5.69. The zero-order valence-electron chi connectivity index (χ0n) is 21.1. The Morgan fingerprint density at radius 1 is 1.18 bits per heavy atom. The molecule has 1 aliphatic carbocycles. The highest BCUT2D eigenvalue weighted by atomic mass is 16.6. The van der Waals surface area contributed by atoms with Crippen LogP contribution in [0.25, 0.3) is 0 Å². The number of benzene rings is 1. The Kier molecular flexibility index (Phi) is 9.97. The number of carbonyl (C=O) groups is 3. The monoisotopic (exact) mass is 469 g/mol. The largest absolute Gasteiger partial charge is 0.444 e. The average Bonchev–Trinajstić information content (AvgIpc) is 2.80. The third-order valence-electron chi connectivity index (χ3n) is 6.03. The Morgan fingerprint density at radius 3 is 2.41 bits per heavy atom. The molecule has 0 radical (unpaired) electrons. The quantitative estimate of drug-likeness (QED) is 0.556. The molecule has 0 heterocycles. The molecule has 0 bridgehead atoms. The first kappa shape index (κ1) is 27.2. The van der Waals surface area contributed by atoms with Gasteiger partial charge >= 0.3 is 6.09 Å². The van der Waals surface area contributed by atoms with E-state index in [0.29, 0.717) is 17.5 Å². The molecule has 34 heavy (non-hydrogen) atoms. The van der Waals surface area contributed by atoms with E-state index in [0.717, 1.165) is 25.7 Å². The molecule has 7 nitrogen and oxygen atoms in total.